The van der Waals surface area contributed by atoms with Gasteiger partial charge in [0.1, 0.15) is 11.2 Å². The number of amides is 1. The molecule has 1 aliphatic carbocycles. The molecule has 12 nitrogen and oxygen atoms in total. The molecule has 2 aliphatic rings. The zero-order valence-electron chi connectivity index (χ0n) is 23.3. The molecule has 2 aromatic heterocycles. The molecule has 13 heteroatoms. The van der Waals surface area contributed by atoms with Crippen LogP contribution in [0.25, 0.3) is 22.6 Å². The number of imidazole rings is 1. The highest BCUT2D eigenvalue weighted by atomic mass is 19.1. The Morgan fingerprint density at radius 1 is 1.17 bits per heavy atom. The summed E-state index contributed by atoms with van der Waals surface area (Å²) in [5.41, 5.74) is 6.45. The lowest BCUT2D eigenvalue weighted by Crippen LogP contribution is -2.56. The lowest BCUT2D eigenvalue weighted by Gasteiger charge is -2.40. The van der Waals surface area contributed by atoms with Gasteiger partial charge >= 0.3 is 11.8 Å². The molecule has 1 saturated heterocycles. The largest absolute Gasteiger partial charge is 0.465 e. The number of aromatic amines is 1. The van der Waals surface area contributed by atoms with E-state index in [0.29, 0.717) is 47.7 Å². The van der Waals surface area contributed by atoms with E-state index in [-0.39, 0.29) is 19.0 Å². The van der Waals surface area contributed by atoms with E-state index in [1.165, 1.54) is 12.1 Å². The fourth-order valence-electron chi connectivity index (χ4n) is 4.28. The Morgan fingerprint density at radius 2 is 1.88 bits per heavy atom. The van der Waals surface area contributed by atoms with Gasteiger partial charge in [0.05, 0.1) is 36.9 Å². The van der Waals surface area contributed by atoms with E-state index in [9.17, 15) is 14.0 Å². The van der Waals surface area contributed by atoms with Crippen LogP contribution >= 0.6 is 0 Å². The van der Waals surface area contributed by atoms with Crippen LogP contribution in [0.1, 0.15) is 25.6 Å². The molecule has 5 rings (SSSR count). The van der Waals surface area contributed by atoms with Crippen molar-refractivity contribution >= 4 is 17.8 Å². The number of H-pyrrole nitrogens is 1. The summed E-state index contributed by atoms with van der Waals surface area (Å²) in [5.74, 6) is -3.19. The van der Waals surface area contributed by atoms with Crippen molar-refractivity contribution in [2.45, 2.75) is 25.6 Å². The normalized spacial score (nSPS) is 22.5. The predicted molar refractivity (Wildman–Crippen MR) is 147 cm³/mol. The van der Waals surface area contributed by atoms with Gasteiger partial charge in [-0.1, -0.05) is 0 Å². The van der Waals surface area contributed by atoms with Crippen LogP contribution < -0.4 is 11.1 Å². The van der Waals surface area contributed by atoms with Crippen molar-refractivity contribution in [3.05, 3.63) is 48.2 Å². The van der Waals surface area contributed by atoms with Gasteiger partial charge in [-0.25, -0.2) is 19.3 Å². The minimum absolute atomic E-state index is 0.0338. The molecule has 0 unspecified atom stereocenters. The van der Waals surface area contributed by atoms with Crippen LogP contribution in [0.5, 0.6) is 0 Å². The second-order valence-electron chi connectivity index (χ2n) is 11.0. The van der Waals surface area contributed by atoms with E-state index < -0.39 is 28.9 Å². The maximum Gasteiger partial charge on any atom is 0.316 e. The van der Waals surface area contributed by atoms with Gasteiger partial charge in [-0.15, -0.1) is 0 Å². The van der Waals surface area contributed by atoms with E-state index in [1.807, 2.05) is 19.0 Å². The van der Waals surface area contributed by atoms with Crippen molar-refractivity contribution in [3.63, 3.8) is 0 Å². The quantitative estimate of drug-likeness (QED) is 0.294. The first-order valence-corrected chi connectivity index (χ1v) is 13.4. The van der Waals surface area contributed by atoms with E-state index in [4.69, 9.17) is 19.9 Å². The van der Waals surface area contributed by atoms with E-state index >= 15 is 0 Å². The Hall–Kier alpha value is -3.94. The average Bonchev–Trinajstić information content (AvgIpc) is 3.68. The van der Waals surface area contributed by atoms with Crippen molar-refractivity contribution in [2.75, 3.05) is 52.3 Å². The van der Waals surface area contributed by atoms with E-state index in [2.05, 4.69) is 25.3 Å². The fraction of sp³-hybridized carbons (Fsp3) is 0.464. The number of nitrogens with one attached hydrogen (secondary N) is 2. The molecule has 1 aromatic carbocycles. The highest BCUT2D eigenvalue weighted by Crippen LogP contribution is 2.40. The second kappa shape index (κ2) is 11.5. The number of hydrogen-bond acceptors (Lipinski definition) is 10. The SMILES string of the molecule is CN(C)CCNc1nccc(-c2[nH]c(C3(C(N)=O)OCC(C)(C(=O)OCC4CC4)CO3)nc2-c2ccc(F)cc2)n1. The number of carbonyl (C=O) groups is 2. The van der Waals surface area contributed by atoms with Gasteiger partial charge in [0.15, 0.2) is 5.82 Å². The molecule has 3 heterocycles. The Bertz CT molecular complexity index is 1400. The van der Waals surface area contributed by atoms with Crippen LogP contribution in [0, 0.1) is 17.2 Å². The first kappa shape index (κ1) is 28.6. The number of ether oxygens (including phenoxy) is 3. The number of primary amides is 1. The zero-order valence-corrected chi connectivity index (χ0v) is 23.3. The molecule has 4 N–H and O–H groups in total. The minimum atomic E-state index is -2.11. The molecule has 0 bridgehead atoms. The monoisotopic (exact) mass is 567 g/mol. The number of rotatable bonds is 11. The van der Waals surface area contributed by atoms with Gasteiger partial charge in [0, 0.05) is 24.8 Å². The number of nitrogens with two attached hydrogens (primary N) is 1. The highest BCUT2D eigenvalue weighted by molar-refractivity contribution is 5.85. The summed E-state index contributed by atoms with van der Waals surface area (Å²) in [6.07, 6.45) is 3.67. The number of halogens is 1. The van der Waals surface area contributed by atoms with Crippen molar-refractivity contribution in [1.82, 2.24) is 24.8 Å². The van der Waals surface area contributed by atoms with Gasteiger partial charge in [0.25, 0.3) is 5.91 Å². The third-order valence-electron chi connectivity index (χ3n) is 7.04. The van der Waals surface area contributed by atoms with Crippen molar-refractivity contribution in [2.24, 2.45) is 17.1 Å². The molecule has 1 saturated carbocycles. The van der Waals surface area contributed by atoms with Gasteiger partial charge in [-0.05, 0) is 70.1 Å². The minimum Gasteiger partial charge on any atom is -0.465 e. The number of nitrogens with zero attached hydrogens (tertiary/aromatic N) is 4. The number of carbonyl (C=O) groups excluding carboxylic acids is 2. The number of benzene rings is 1. The van der Waals surface area contributed by atoms with Crippen LogP contribution in [0.15, 0.2) is 36.5 Å². The summed E-state index contributed by atoms with van der Waals surface area (Å²) in [6.45, 7) is 3.01. The first-order valence-electron chi connectivity index (χ1n) is 13.4. The van der Waals surface area contributed by atoms with Gasteiger partial charge < -0.3 is 35.1 Å². The van der Waals surface area contributed by atoms with Crippen LogP contribution in [-0.4, -0.2) is 83.7 Å². The van der Waals surface area contributed by atoms with Crippen molar-refractivity contribution < 1.29 is 28.2 Å². The summed E-state index contributed by atoms with van der Waals surface area (Å²) < 4.78 is 31.1. The number of aromatic nitrogens is 4. The molecule has 0 radical (unpaired) electrons. The number of likely N-dealkylation sites (N-methyl/N-ethyl adjacent to an activating group) is 1. The molecular formula is C28H34FN7O5. The Morgan fingerprint density at radius 3 is 2.51 bits per heavy atom. The molecule has 0 spiro atoms. The smallest absolute Gasteiger partial charge is 0.316 e. The molecule has 2 fully saturated rings. The maximum absolute atomic E-state index is 13.8. The zero-order chi connectivity index (χ0) is 29.2. The molecule has 41 heavy (non-hydrogen) atoms. The lowest BCUT2D eigenvalue weighted by molar-refractivity contribution is -0.293. The summed E-state index contributed by atoms with van der Waals surface area (Å²) in [7, 11) is 3.92. The molecule has 3 aromatic rings. The van der Waals surface area contributed by atoms with E-state index in [0.717, 1.165) is 19.4 Å². The maximum atomic E-state index is 13.8. The predicted octanol–water partition coefficient (Wildman–Crippen LogP) is 2.29. The third kappa shape index (κ3) is 6.21. The van der Waals surface area contributed by atoms with E-state index in [1.54, 1.807) is 31.3 Å². The summed E-state index contributed by atoms with van der Waals surface area (Å²) in [4.78, 5) is 44.3. The third-order valence-corrected chi connectivity index (χ3v) is 7.04. The van der Waals surface area contributed by atoms with Crippen LogP contribution in [0.3, 0.4) is 0 Å². The van der Waals surface area contributed by atoms with Gasteiger partial charge in [0.2, 0.25) is 5.95 Å². The first-order chi connectivity index (χ1) is 19.6. The molecular weight excluding hydrogens is 533 g/mol. The average molecular weight is 568 g/mol. The Balaban J connectivity index is 1.47. The standard InChI is InChI=1S/C28H34FN7O5/c1-27(25(38)39-14-17-4-5-17)15-40-28(23(30)37,41-16-27)24-34-21(18-6-8-19(29)9-7-18)22(35-24)20-10-11-31-26(33-20)32-12-13-36(2)3/h6-11,17H,4-5,12-16H2,1-3H3,(H2,30,37)(H,34,35)(H,31,32,33). The second-order valence-corrected chi connectivity index (χ2v) is 11.0. The Labute approximate surface area is 236 Å². The highest BCUT2D eigenvalue weighted by Gasteiger charge is 2.54. The molecule has 1 amide bonds. The molecule has 1 aliphatic heterocycles. The van der Waals surface area contributed by atoms with Gasteiger partial charge in [-0.2, -0.15) is 0 Å². The fourth-order valence-corrected chi connectivity index (χ4v) is 4.28. The molecule has 0 atom stereocenters. The molecule has 218 valence electrons. The van der Waals surface area contributed by atoms with Crippen LogP contribution in [0.2, 0.25) is 0 Å². The summed E-state index contributed by atoms with van der Waals surface area (Å²) in [6, 6.07) is 7.40. The number of hydrogen-bond donors (Lipinski definition) is 3. The number of anilines is 1. The summed E-state index contributed by atoms with van der Waals surface area (Å²) in [5, 5.41) is 3.17. The van der Waals surface area contributed by atoms with Crippen molar-refractivity contribution in [3.8, 4) is 22.6 Å². The Kier molecular flexibility index (Phi) is 8.02. The number of esters is 1. The lowest BCUT2D eigenvalue weighted by atomic mass is 9.91. The van der Waals surface area contributed by atoms with Crippen LogP contribution in [0.4, 0.5) is 10.3 Å². The van der Waals surface area contributed by atoms with Crippen molar-refractivity contribution in [1.29, 1.82) is 0 Å². The topological polar surface area (TPSA) is 158 Å². The van der Waals surface area contributed by atoms with Crippen LogP contribution in [-0.2, 0) is 29.6 Å². The summed E-state index contributed by atoms with van der Waals surface area (Å²) >= 11 is 0. The van der Waals surface area contributed by atoms with Gasteiger partial charge in [-0.3, -0.25) is 9.59 Å².